The third-order valence-corrected chi connectivity index (χ3v) is 2.97. The lowest BCUT2D eigenvalue weighted by molar-refractivity contribution is -0.137. The summed E-state index contributed by atoms with van der Waals surface area (Å²) < 4.78 is 9.87. The SMILES string of the molecule is CCOC(=O)/C=C/C(CCC(N)=O)NC(=O)OCc1ccccc1. The number of nitrogens with two attached hydrogens (primary N) is 1. The molecule has 130 valence electrons. The zero-order chi connectivity index (χ0) is 17.8. The highest BCUT2D eigenvalue weighted by Gasteiger charge is 2.12. The van der Waals surface area contributed by atoms with Gasteiger partial charge in [0.2, 0.25) is 5.91 Å². The lowest BCUT2D eigenvalue weighted by Crippen LogP contribution is -2.34. The number of ether oxygens (including phenoxy) is 2. The average molecular weight is 334 g/mol. The molecule has 24 heavy (non-hydrogen) atoms. The topological polar surface area (TPSA) is 108 Å². The van der Waals surface area contributed by atoms with Gasteiger partial charge >= 0.3 is 12.1 Å². The molecule has 0 spiro atoms. The monoisotopic (exact) mass is 334 g/mol. The molecule has 3 N–H and O–H groups in total. The average Bonchev–Trinajstić information content (AvgIpc) is 2.56. The Balaban J connectivity index is 2.53. The summed E-state index contributed by atoms with van der Waals surface area (Å²) in [4.78, 5) is 34.1. The van der Waals surface area contributed by atoms with Crippen LogP contribution in [0, 0.1) is 0 Å². The fourth-order valence-electron chi connectivity index (χ4n) is 1.82. The molecule has 2 amide bonds. The number of esters is 1. The number of hydrogen-bond acceptors (Lipinski definition) is 5. The van der Waals surface area contributed by atoms with Gasteiger partial charge < -0.3 is 20.5 Å². The van der Waals surface area contributed by atoms with Crippen LogP contribution in [0.25, 0.3) is 0 Å². The van der Waals surface area contributed by atoms with Crippen molar-refractivity contribution in [3.63, 3.8) is 0 Å². The second kappa shape index (κ2) is 10.8. The summed E-state index contributed by atoms with van der Waals surface area (Å²) in [6.07, 6.45) is 2.32. The largest absolute Gasteiger partial charge is 0.463 e. The first-order valence-electron chi connectivity index (χ1n) is 7.61. The number of carbonyl (C=O) groups is 3. The van der Waals surface area contributed by atoms with E-state index in [1.807, 2.05) is 30.3 Å². The standard InChI is InChI=1S/C17H22N2O5/c1-2-23-16(21)11-9-14(8-10-15(18)20)19-17(22)24-12-13-6-4-3-5-7-13/h3-7,9,11,14H,2,8,10,12H2,1H3,(H2,18,20)(H,19,22)/b11-9+. The van der Waals surface area contributed by atoms with Gasteiger partial charge in [-0.05, 0) is 18.9 Å². The van der Waals surface area contributed by atoms with Gasteiger partial charge in [0.15, 0.2) is 0 Å². The number of amides is 2. The number of benzene rings is 1. The van der Waals surface area contributed by atoms with E-state index in [0.717, 1.165) is 5.56 Å². The van der Waals surface area contributed by atoms with Crippen molar-refractivity contribution < 1.29 is 23.9 Å². The van der Waals surface area contributed by atoms with Crippen LogP contribution in [0.15, 0.2) is 42.5 Å². The van der Waals surface area contributed by atoms with Gasteiger partial charge in [-0.3, -0.25) is 4.79 Å². The highest BCUT2D eigenvalue weighted by Crippen LogP contribution is 2.03. The van der Waals surface area contributed by atoms with Crippen LogP contribution in [-0.2, 0) is 25.7 Å². The van der Waals surface area contributed by atoms with E-state index in [4.69, 9.17) is 15.2 Å². The minimum absolute atomic E-state index is 0.0663. The maximum Gasteiger partial charge on any atom is 0.407 e. The molecular formula is C17H22N2O5. The predicted octanol–water partition coefficient (Wildman–Crippen LogP) is 1.67. The summed E-state index contributed by atoms with van der Waals surface area (Å²) in [7, 11) is 0. The quantitative estimate of drug-likeness (QED) is 0.527. The van der Waals surface area contributed by atoms with E-state index < -0.39 is 24.0 Å². The number of carbonyl (C=O) groups excluding carboxylic acids is 3. The van der Waals surface area contributed by atoms with Gasteiger partial charge in [-0.25, -0.2) is 9.59 Å². The van der Waals surface area contributed by atoms with Gasteiger partial charge in [-0.2, -0.15) is 0 Å². The Morgan fingerprint density at radius 3 is 2.54 bits per heavy atom. The third-order valence-electron chi connectivity index (χ3n) is 2.97. The van der Waals surface area contributed by atoms with Crippen molar-refractivity contribution in [1.29, 1.82) is 0 Å². The molecule has 0 aliphatic rings. The molecule has 1 rings (SSSR count). The Hall–Kier alpha value is -2.83. The minimum atomic E-state index is -0.651. The van der Waals surface area contributed by atoms with E-state index in [0.29, 0.717) is 0 Å². The molecule has 0 heterocycles. The lowest BCUT2D eigenvalue weighted by Gasteiger charge is -2.14. The van der Waals surface area contributed by atoms with Crippen LogP contribution >= 0.6 is 0 Å². The normalized spacial score (nSPS) is 11.7. The number of primary amides is 1. The van der Waals surface area contributed by atoms with Crippen LogP contribution in [0.5, 0.6) is 0 Å². The van der Waals surface area contributed by atoms with E-state index in [1.165, 1.54) is 12.2 Å². The maximum absolute atomic E-state index is 11.8. The number of rotatable bonds is 9. The Labute approximate surface area is 140 Å². The smallest absolute Gasteiger partial charge is 0.407 e. The van der Waals surface area contributed by atoms with Crippen molar-refractivity contribution in [2.45, 2.75) is 32.4 Å². The van der Waals surface area contributed by atoms with Crippen molar-refractivity contribution in [2.75, 3.05) is 6.61 Å². The van der Waals surface area contributed by atoms with Gasteiger partial charge in [-0.15, -0.1) is 0 Å². The van der Waals surface area contributed by atoms with Crippen LogP contribution in [0.1, 0.15) is 25.3 Å². The zero-order valence-corrected chi connectivity index (χ0v) is 13.6. The Bertz CT molecular complexity index is 572. The minimum Gasteiger partial charge on any atom is -0.463 e. The summed E-state index contributed by atoms with van der Waals surface area (Å²) in [5.74, 6) is -1.02. The van der Waals surface area contributed by atoms with E-state index in [9.17, 15) is 14.4 Å². The molecule has 0 aromatic heterocycles. The molecule has 0 aliphatic heterocycles. The van der Waals surface area contributed by atoms with E-state index >= 15 is 0 Å². The molecule has 0 saturated heterocycles. The number of hydrogen-bond donors (Lipinski definition) is 2. The van der Waals surface area contributed by atoms with Crippen molar-refractivity contribution >= 4 is 18.0 Å². The summed E-state index contributed by atoms with van der Waals surface area (Å²) in [5, 5.41) is 2.58. The fourth-order valence-corrected chi connectivity index (χ4v) is 1.82. The second-order valence-electron chi connectivity index (χ2n) is 4.93. The van der Waals surface area contributed by atoms with Crippen LogP contribution in [0.3, 0.4) is 0 Å². The highest BCUT2D eigenvalue weighted by molar-refractivity contribution is 5.82. The molecular weight excluding hydrogens is 312 g/mol. The van der Waals surface area contributed by atoms with Gasteiger partial charge in [-0.1, -0.05) is 36.4 Å². The second-order valence-corrected chi connectivity index (χ2v) is 4.93. The molecule has 1 aromatic carbocycles. The molecule has 1 atom stereocenters. The maximum atomic E-state index is 11.8. The van der Waals surface area contributed by atoms with Gasteiger partial charge in [0.25, 0.3) is 0 Å². The molecule has 0 fully saturated rings. The first-order valence-corrected chi connectivity index (χ1v) is 7.61. The summed E-state index contributed by atoms with van der Waals surface area (Å²) in [6, 6.07) is 8.65. The Kier molecular flexibility index (Phi) is 8.67. The van der Waals surface area contributed by atoms with Gasteiger partial charge in [0.05, 0.1) is 12.6 Å². The zero-order valence-electron chi connectivity index (χ0n) is 13.6. The lowest BCUT2D eigenvalue weighted by atomic mass is 10.1. The van der Waals surface area contributed by atoms with Crippen molar-refractivity contribution in [3.8, 4) is 0 Å². The van der Waals surface area contributed by atoms with Gasteiger partial charge in [0.1, 0.15) is 6.61 Å². The molecule has 7 nitrogen and oxygen atoms in total. The Morgan fingerprint density at radius 2 is 1.92 bits per heavy atom. The molecule has 0 radical (unpaired) electrons. The predicted molar refractivity (Wildman–Crippen MR) is 87.8 cm³/mol. The fraction of sp³-hybridized carbons (Fsp3) is 0.353. The molecule has 7 heteroatoms. The molecule has 0 saturated carbocycles. The first-order chi connectivity index (χ1) is 11.5. The van der Waals surface area contributed by atoms with Crippen molar-refractivity contribution in [2.24, 2.45) is 5.73 Å². The molecule has 1 aromatic rings. The summed E-state index contributed by atoms with van der Waals surface area (Å²) in [6.45, 7) is 2.06. The van der Waals surface area contributed by atoms with Crippen molar-refractivity contribution in [1.82, 2.24) is 5.32 Å². The first kappa shape index (κ1) is 19.2. The van der Waals surface area contributed by atoms with Crippen molar-refractivity contribution in [3.05, 3.63) is 48.0 Å². The van der Waals surface area contributed by atoms with Crippen LogP contribution < -0.4 is 11.1 Å². The van der Waals surface area contributed by atoms with Crippen LogP contribution in [0.4, 0.5) is 4.79 Å². The molecule has 0 aliphatic carbocycles. The summed E-state index contributed by atoms with van der Waals surface area (Å²) >= 11 is 0. The van der Waals surface area contributed by atoms with E-state index in [2.05, 4.69) is 5.32 Å². The third kappa shape index (κ3) is 8.57. The van der Waals surface area contributed by atoms with E-state index in [-0.39, 0.29) is 26.1 Å². The molecule has 0 bridgehead atoms. The molecule has 1 unspecified atom stereocenters. The summed E-state index contributed by atoms with van der Waals surface area (Å²) in [5.41, 5.74) is 5.96. The number of alkyl carbamates (subject to hydrolysis) is 1. The number of nitrogens with one attached hydrogen (secondary N) is 1. The van der Waals surface area contributed by atoms with Crippen LogP contribution in [-0.4, -0.2) is 30.6 Å². The Morgan fingerprint density at radius 1 is 1.21 bits per heavy atom. The van der Waals surface area contributed by atoms with E-state index in [1.54, 1.807) is 6.92 Å². The highest BCUT2D eigenvalue weighted by atomic mass is 16.5. The van der Waals surface area contributed by atoms with Crippen LogP contribution in [0.2, 0.25) is 0 Å². The van der Waals surface area contributed by atoms with Gasteiger partial charge in [0, 0.05) is 12.5 Å².